The number of nitrogens with one attached hydrogen (secondary N) is 2. The lowest BCUT2D eigenvalue weighted by molar-refractivity contribution is -0.118. The Bertz CT molecular complexity index is 764. The molecule has 1 saturated heterocycles. The summed E-state index contributed by atoms with van der Waals surface area (Å²) in [4.78, 5) is 25.4. The lowest BCUT2D eigenvalue weighted by Crippen LogP contribution is -2.46. The predicted molar refractivity (Wildman–Crippen MR) is 92.3 cm³/mol. The minimum Gasteiger partial charge on any atom is -0.484 e. The topological polar surface area (TPSA) is 70.7 Å². The summed E-state index contributed by atoms with van der Waals surface area (Å²) in [6.45, 7) is 1.13. The predicted octanol–water partition coefficient (Wildman–Crippen LogP) is 2.76. The molecule has 25 heavy (non-hydrogen) atoms. The molecule has 2 aromatic carbocycles. The third-order valence-electron chi connectivity index (χ3n) is 3.71. The summed E-state index contributed by atoms with van der Waals surface area (Å²) < 4.78 is 18.3. The van der Waals surface area contributed by atoms with Gasteiger partial charge in [-0.25, -0.2) is 9.18 Å². The monoisotopic (exact) mass is 343 g/mol. The third kappa shape index (κ3) is 4.47. The van der Waals surface area contributed by atoms with Crippen molar-refractivity contribution in [2.45, 2.75) is 6.42 Å². The SMILES string of the molecule is O=C(COc1cccc(F)c1)Nc1ccc(N2CCCNC2=O)cc1. The number of carbonyl (C=O) groups excluding carboxylic acids is 2. The number of urea groups is 1. The van der Waals surface area contributed by atoms with Gasteiger partial charge in [0.05, 0.1) is 0 Å². The van der Waals surface area contributed by atoms with E-state index in [1.54, 1.807) is 35.2 Å². The molecule has 0 unspecified atom stereocenters. The number of carbonyl (C=O) groups is 2. The molecule has 3 amide bonds. The summed E-state index contributed by atoms with van der Waals surface area (Å²) in [6, 6.07) is 12.5. The lowest BCUT2D eigenvalue weighted by Gasteiger charge is -2.27. The molecule has 1 aliphatic heterocycles. The van der Waals surface area contributed by atoms with E-state index in [1.807, 2.05) is 0 Å². The van der Waals surface area contributed by atoms with Crippen LogP contribution in [0, 0.1) is 5.82 Å². The first kappa shape index (κ1) is 16.8. The smallest absolute Gasteiger partial charge is 0.321 e. The number of halogens is 1. The van der Waals surface area contributed by atoms with Crippen molar-refractivity contribution in [2.24, 2.45) is 0 Å². The second kappa shape index (κ2) is 7.65. The zero-order valence-corrected chi connectivity index (χ0v) is 13.5. The molecule has 3 rings (SSSR count). The van der Waals surface area contributed by atoms with E-state index in [0.717, 1.165) is 12.1 Å². The van der Waals surface area contributed by atoms with Crippen LogP contribution in [0.3, 0.4) is 0 Å². The van der Waals surface area contributed by atoms with Crippen molar-refractivity contribution in [3.8, 4) is 5.75 Å². The molecule has 1 heterocycles. The van der Waals surface area contributed by atoms with Gasteiger partial charge in [0.25, 0.3) is 5.91 Å². The van der Waals surface area contributed by atoms with E-state index in [9.17, 15) is 14.0 Å². The van der Waals surface area contributed by atoms with E-state index in [-0.39, 0.29) is 18.5 Å². The van der Waals surface area contributed by atoms with Gasteiger partial charge in [-0.1, -0.05) is 6.07 Å². The molecule has 2 N–H and O–H groups in total. The van der Waals surface area contributed by atoms with E-state index in [4.69, 9.17) is 4.74 Å². The fourth-order valence-corrected chi connectivity index (χ4v) is 2.50. The Balaban J connectivity index is 1.54. The first-order chi connectivity index (χ1) is 12.1. The number of hydrogen-bond donors (Lipinski definition) is 2. The van der Waals surface area contributed by atoms with Gasteiger partial charge >= 0.3 is 6.03 Å². The van der Waals surface area contributed by atoms with Crippen LogP contribution < -0.4 is 20.3 Å². The molecule has 0 saturated carbocycles. The Morgan fingerprint density at radius 2 is 2.04 bits per heavy atom. The van der Waals surface area contributed by atoms with Gasteiger partial charge in [0, 0.05) is 30.5 Å². The van der Waals surface area contributed by atoms with Crippen molar-refractivity contribution < 1.29 is 18.7 Å². The van der Waals surface area contributed by atoms with Crippen molar-refractivity contribution in [1.29, 1.82) is 0 Å². The van der Waals surface area contributed by atoms with Gasteiger partial charge in [-0.2, -0.15) is 0 Å². The van der Waals surface area contributed by atoms with E-state index in [1.165, 1.54) is 18.2 Å². The molecule has 0 aromatic heterocycles. The minimum absolute atomic E-state index is 0.119. The average Bonchev–Trinajstić information content (AvgIpc) is 2.61. The zero-order valence-electron chi connectivity index (χ0n) is 13.5. The second-order valence-electron chi connectivity index (χ2n) is 5.58. The van der Waals surface area contributed by atoms with Crippen molar-refractivity contribution >= 4 is 23.3 Å². The first-order valence-corrected chi connectivity index (χ1v) is 7.95. The maximum atomic E-state index is 13.0. The summed E-state index contributed by atoms with van der Waals surface area (Å²) in [7, 11) is 0. The van der Waals surface area contributed by atoms with Crippen LogP contribution in [0.25, 0.3) is 0 Å². The summed E-state index contributed by atoms with van der Waals surface area (Å²) in [5.74, 6) is -0.482. The molecule has 0 spiro atoms. The van der Waals surface area contributed by atoms with E-state index in [2.05, 4.69) is 10.6 Å². The summed E-state index contributed by atoms with van der Waals surface area (Å²) in [5, 5.41) is 5.48. The van der Waals surface area contributed by atoms with Gasteiger partial charge < -0.3 is 15.4 Å². The van der Waals surface area contributed by atoms with Gasteiger partial charge in [0.1, 0.15) is 11.6 Å². The van der Waals surface area contributed by atoms with Crippen LogP contribution in [0.15, 0.2) is 48.5 Å². The normalized spacial score (nSPS) is 14.0. The standard InChI is InChI=1S/C18H18FN3O3/c19-13-3-1-4-16(11-13)25-12-17(23)21-14-5-7-15(8-6-14)22-10-2-9-20-18(22)24/h1,3-8,11H,2,9-10,12H2,(H,20,24)(H,21,23). The van der Waals surface area contributed by atoms with Crippen molar-refractivity contribution in [1.82, 2.24) is 5.32 Å². The summed E-state index contributed by atoms with van der Waals surface area (Å²) in [5.41, 5.74) is 1.36. The molecule has 7 heteroatoms. The van der Waals surface area contributed by atoms with Crippen molar-refractivity contribution in [3.63, 3.8) is 0 Å². The van der Waals surface area contributed by atoms with Gasteiger partial charge in [0.2, 0.25) is 0 Å². The van der Waals surface area contributed by atoms with E-state index < -0.39 is 5.82 Å². The number of hydrogen-bond acceptors (Lipinski definition) is 3. The van der Waals surface area contributed by atoms with Gasteiger partial charge in [0.15, 0.2) is 6.61 Å². The fraction of sp³-hybridized carbons (Fsp3) is 0.222. The molecule has 1 aliphatic rings. The van der Waals surface area contributed by atoms with Crippen LogP contribution in [0.5, 0.6) is 5.75 Å². The number of amides is 3. The minimum atomic E-state index is -0.421. The molecule has 2 aromatic rings. The van der Waals surface area contributed by atoms with E-state index >= 15 is 0 Å². The first-order valence-electron chi connectivity index (χ1n) is 7.95. The van der Waals surface area contributed by atoms with Crippen LogP contribution in [0.4, 0.5) is 20.6 Å². The van der Waals surface area contributed by atoms with Gasteiger partial charge in [-0.05, 0) is 42.8 Å². The van der Waals surface area contributed by atoms with Gasteiger partial charge in [-0.3, -0.25) is 9.69 Å². The van der Waals surface area contributed by atoms with Gasteiger partial charge in [-0.15, -0.1) is 0 Å². The molecule has 130 valence electrons. The molecular formula is C18H18FN3O3. The largest absolute Gasteiger partial charge is 0.484 e. The van der Waals surface area contributed by atoms with Crippen LogP contribution >= 0.6 is 0 Å². The van der Waals surface area contributed by atoms with E-state index in [0.29, 0.717) is 24.5 Å². The average molecular weight is 343 g/mol. The number of ether oxygens (including phenoxy) is 1. The Hall–Kier alpha value is -3.09. The highest BCUT2D eigenvalue weighted by molar-refractivity contribution is 5.94. The summed E-state index contributed by atoms with van der Waals surface area (Å²) in [6.07, 6.45) is 0.891. The van der Waals surface area contributed by atoms with Crippen molar-refractivity contribution in [3.05, 3.63) is 54.3 Å². The van der Waals surface area contributed by atoms with Crippen LogP contribution in [-0.2, 0) is 4.79 Å². The number of nitrogens with zero attached hydrogens (tertiary/aromatic N) is 1. The lowest BCUT2D eigenvalue weighted by atomic mass is 10.2. The molecule has 6 nitrogen and oxygen atoms in total. The second-order valence-corrected chi connectivity index (χ2v) is 5.58. The molecule has 0 bridgehead atoms. The van der Waals surface area contributed by atoms with Crippen LogP contribution in [0.2, 0.25) is 0 Å². The maximum absolute atomic E-state index is 13.0. The van der Waals surface area contributed by atoms with Crippen LogP contribution in [-0.4, -0.2) is 31.6 Å². The Kier molecular flexibility index (Phi) is 5.13. The Labute approximate surface area is 144 Å². The highest BCUT2D eigenvalue weighted by Crippen LogP contribution is 2.20. The molecule has 0 atom stereocenters. The van der Waals surface area contributed by atoms with Crippen molar-refractivity contribution in [2.75, 3.05) is 29.9 Å². The number of rotatable bonds is 5. The quantitative estimate of drug-likeness (QED) is 0.877. The molecule has 1 fully saturated rings. The molecule has 0 radical (unpaired) electrons. The Morgan fingerprint density at radius 3 is 2.76 bits per heavy atom. The Morgan fingerprint density at radius 1 is 1.24 bits per heavy atom. The molecule has 0 aliphatic carbocycles. The fourth-order valence-electron chi connectivity index (χ4n) is 2.50. The highest BCUT2D eigenvalue weighted by Gasteiger charge is 2.18. The molecular weight excluding hydrogens is 325 g/mol. The van der Waals surface area contributed by atoms with Crippen LogP contribution in [0.1, 0.15) is 6.42 Å². The maximum Gasteiger partial charge on any atom is 0.321 e. The highest BCUT2D eigenvalue weighted by atomic mass is 19.1. The summed E-state index contributed by atoms with van der Waals surface area (Å²) >= 11 is 0. The number of anilines is 2. The zero-order chi connectivity index (χ0) is 17.6. The number of benzene rings is 2. The third-order valence-corrected chi connectivity index (χ3v) is 3.71.